The molecule has 1 aliphatic rings. The Labute approximate surface area is 213 Å². The average Bonchev–Trinajstić information content (AvgIpc) is 3.24. The second-order valence-corrected chi connectivity index (χ2v) is 9.22. The molecule has 2 aromatic heterocycles. The number of carboxylic acids is 1. The van der Waals surface area contributed by atoms with E-state index in [9.17, 15) is 22.4 Å². The zero-order chi connectivity index (χ0) is 26.7. The van der Waals surface area contributed by atoms with Crippen molar-refractivity contribution in [1.82, 2.24) is 19.9 Å². The molecule has 3 N–H and O–H groups in total. The highest BCUT2D eigenvalue weighted by Crippen LogP contribution is 2.27. The number of aromatic amines is 2. The second-order valence-electron chi connectivity index (χ2n) is 8.79. The Hall–Kier alpha value is -3.44. The summed E-state index contributed by atoms with van der Waals surface area (Å²) in [4.78, 5) is 34.4. The molecular weight excluding hydrogens is 516 g/mol. The van der Waals surface area contributed by atoms with E-state index in [0.29, 0.717) is 16.7 Å². The molecule has 3 heterocycles. The maximum absolute atomic E-state index is 13.5. The third-order valence-corrected chi connectivity index (χ3v) is 6.57. The zero-order valence-corrected chi connectivity index (χ0v) is 20.2. The molecule has 0 spiro atoms. The summed E-state index contributed by atoms with van der Waals surface area (Å²) in [5.74, 6) is -2.27. The number of carboxylic acid groups (broad SMARTS) is 1. The number of nitrogens with zero attached hydrogens (tertiary/aromatic N) is 2. The molecule has 0 bridgehead atoms. The molecule has 0 radical (unpaired) electrons. The fourth-order valence-electron chi connectivity index (χ4n) is 4.39. The van der Waals surface area contributed by atoms with E-state index in [2.05, 4.69) is 26.0 Å². The zero-order valence-electron chi connectivity index (χ0n) is 19.4. The summed E-state index contributed by atoms with van der Waals surface area (Å²) in [6.45, 7) is 2.86. The van der Waals surface area contributed by atoms with Crippen LogP contribution < -0.4 is 5.56 Å². The predicted octanol–water partition coefficient (Wildman–Crippen LogP) is 5.25. The Morgan fingerprint density at radius 3 is 2.51 bits per heavy atom. The third kappa shape index (κ3) is 6.47. The van der Waals surface area contributed by atoms with Crippen LogP contribution in [0.4, 0.5) is 17.6 Å². The fourth-order valence-corrected chi connectivity index (χ4v) is 4.56. The molecule has 2 aromatic carbocycles. The minimum Gasteiger partial charge on any atom is -0.475 e. The smallest absolute Gasteiger partial charge is 0.475 e. The number of alkyl halides is 3. The first-order valence-electron chi connectivity index (χ1n) is 11.5. The minimum atomic E-state index is -5.08. The van der Waals surface area contributed by atoms with Gasteiger partial charge in [0.05, 0.1) is 10.9 Å². The number of hydrogen-bond acceptors (Lipinski definition) is 4. The van der Waals surface area contributed by atoms with Crippen LogP contribution >= 0.6 is 11.6 Å². The summed E-state index contributed by atoms with van der Waals surface area (Å²) < 4.78 is 45.3. The first-order chi connectivity index (χ1) is 17.5. The van der Waals surface area contributed by atoms with E-state index < -0.39 is 12.1 Å². The predicted molar refractivity (Wildman–Crippen MR) is 131 cm³/mol. The van der Waals surface area contributed by atoms with Gasteiger partial charge in [0.25, 0.3) is 5.56 Å². The summed E-state index contributed by atoms with van der Waals surface area (Å²) in [5, 5.41) is 9.49. The molecule has 37 heavy (non-hydrogen) atoms. The molecule has 12 heteroatoms. The van der Waals surface area contributed by atoms with Crippen molar-refractivity contribution in [3.05, 3.63) is 75.2 Å². The quantitative estimate of drug-likeness (QED) is 0.308. The molecule has 1 fully saturated rings. The van der Waals surface area contributed by atoms with Gasteiger partial charge in [-0.15, -0.1) is 0 Å². The van der Waals surface area contributed by atoms with E-state index >= 15 is 0 Å². The van der Waals surface area contributed by atoms with E-state index in [1.54, 1.807) is 0 Å². The summed E-state index contributed by atoms with van der Waals surface area (Å²) in [6, 6.07) is 10.0. The standard InChI is InChI=1S/C23H22ClFN4O.C2HF3O2/c24-16-1-4-20-19(11-16)15(13-26-20)7-10-29-8-5-14(6-9-29)22-27-21-12-17(25)2-3-18(21)23(30)28-22;3-2(4,5)1(6)7/h1-4,11-14,26H,5-10H2,(H,27,28,30);(H,6,7). The molecular formula is C25H23ClF4N4O3. The summed E-state index contributed by atoms with van der Waals surface area (Å²) in [5.41, 5.74) is 2.61. The molecule has 5 rings (SSSR count). The van der Waals surface area contributed by atoms with Crippen molar-refractivity contribution in [3.63, 3.8) is 0 Å². The first kappa shape index (κ1) is 26.6. The van der Waals surface area contributed by atoms with Crippen molar-refractivity contribution in [1.29, 1.82) is 0 Å². The maximum Gasteiger partial charge on any atom is 0.490 e. The van der Waals surface area contributed by atoms with Crippen molar-refractivity contribution in [2.45, 2.75) is 31.4 Å². The molecule has 1 saturated heterocycles. The molecule has 4 aromatic rings. The average molecular weight is 539 g/mol. The lowest BCUT2D eigenvalue weighted by Crippen LogP contribution is -2.35. The lowest BCUT2D eigenvalue weighted by molar-refractivity contribution is -0.192. The van der Waals surface area contributed by atoms with Gasteiger partial charge in [-0.25, -0.2) is 14.2 Å². The lowest BCUT2D eigenvalue weighted by Gasteiger charge is -2.31. The highest BCUT2D eigenvalue weighted by atomic mass is 35.5. The molecule has 0 saturated carbocycles. The van der Waals surface area contributed by atoms with Gasteiger partial charge in [0.1, 0.15) is 11.6 Å². The Kier molecular flexibility index (Phi) is 7.84. The molecule has 0 unspecified atom stereocenters. The van der Waals surface area contributed by atoms with E-state index in [4.69, 9.17) is 21.5 Å². The van der Waals surface area contributed by atoms with Gasteiger partial charge >= 0.3 is 12.1 Å². The van der Waals surface area contributed by atoms with Crippen LogP contribution in [0.5, 0.6) is 0 Å². The number of H-pyrrole nitrogens is 2. The van der Waals surface area contributed by atoms with Crippen molar-refractivity contribution < 1.29 is 27.5 Å². The highest BCUT2D eigenvalue weighted by Gasteiger charge is 2.38. The first-order valence-corrected chi connectivity index (χ1v) is 11.9. The van der Waals surface area contributed by atoms with Crippen molar-refractivity contribution in [2.75, 3.05) is 19.6 Å². The molecule has 7 nitrogen and oxygen atoms in total. The fraction of sp³-hybridized carbons (Fsp3) is 0.320. The molecule has 0 atom stereocenters. The number of carbonyl (C=O) groups is 1. The summed E-state index contributed by atoms with van der Waals surface area (Å²) in [7, 11) is 0. The number of likely N-dealkylation sites (tertiary alicyclic amines) is 1. The van der Waals surface area contributed by atoms with Gasteiger partial charge in [0.15, 0.2) is 0 Å². The van der Waals surface area contributed by atoms with Crippen molar-refractivity contribution in [2.24, 2.45) is 0 Å². The Balaban J connectivity index is 0.000000405. The largest absolute Gasteiger partial charge is 0.490 e. The Morgan fingerprint density at radius 1 is 1.14 bits per heavy atom. The van der Waals surface area contributed by atoms with Gasteiger partial charge < -0.3 is 20.0 Å². The van der Waals surface area contributed by atoms with Gasteiger partial charge in [0, 0.05) is 40.7 Å². The van der Waals surface area contributed by atoms with Crippen molar-refractivity contribution >= 4 is 39.4 Å². The van der Waals surface area contributed by atoms with E-state index in [1.165, 1.54) is 29.1 Å². The summed E-state index contributed by atoms with van der Waals surface area (Å²) in [6.07, 6.45) is -0.223. The number of aliphatic carboxylic acids is 1. The van der Waals surface area contributed by atoms with E-state index in [1.807, 2.05) is 18.2 Å². The third-order valence-electron chi connectivity index (χ3n) is 6.33. The van der Waals surface area contributed by atoms with Crippen LogP contribution in [0.15, 0.2) is 47.4 Å². The maximum atomic E-state index is 13.5. The Bertz CT molecular complexity index is 1480. The number of halogens is 5. The van der Waals surface area contributed by atoms with Crippen LogP contribution in [0, 0.1) is 5.82 Å². The van der Waals surface area contributed by atoms with Gasteiger partial charge in [-0.05, 0) is 68.2 Å². The topological polar surface area (TPSA) is 102 Å². The molecule has 1 aliphatic heterocycles. The number of piperidine rings is 1. The number of hydrogen-bond donors (Lipinski definition) is 3. The monoisotopic (exact) mass is 538 g/mol. The molecule has 0 aliphatic carbocycles. The van der Waals surface area contributed by atoms with Crippen LogP contribution in [-0.4, -0.2) is 56.7 Å². The number of fused-ring (bicyclic) bond motifs is 2. The molecule has 196 valence electrons. The second kappa shape index (κ2) is 10.9. The number of aromatic nitrogens is 3. The lowest BCUT2D eigenvalue weighted by atomic mass is 9.95. The van der Waals surface area contributed by atoms with Crippen molar-refractivity contribution in [3.8, 4) is 0 Å². The number of nitrogens with one attached hydrogen (secondary N) is 2. The van der Waals surface area contributed by atoms with Gasteiger partial charge in [-0.2, -0.15) is 13.2 Å². The van der Waals surface area contributed by atoms with Crippen LogP contribution in [0.1, 0.15) is 30.1 Å². The minimum absolute atomic E-state index is 0.188. The van der Waals surface area contributed by atoms with Crippen LogP contribution in [0.3, 0.4) is 0 Å². The van der Waals surface area contributed by atoms with E-state index in [0.717, 1.165) is 49.4 Å². The van der Waals surface area contributed by atoms with Gasteiger partial charge in [-0.3, -0.25) is 4.79 Å². The van der Waals surface area contributed by atoms with Crippen LogP contribution in [0.2, 0.25) is 5.02 Å². The summed E-state index contributed by atoms with van der Waals surface area (Å²) >= 11 is 6.15. The Morgan fingerprint density at radius 2 is 1.84 bits per heavy atom. The number of rotatable bonds is 4. The van der Waals surface area contributed by atoms with Gasteiger partial charge in [-0.1, -0.05) is 11.6 Å². The van der Waals surface area contributed by atoms with E-state index in [-0.39, 0.29) is 17.3 Å². The van der Waals surface area contributed by atoms with Crippen LogP contribution in [0.25, 0.3) is 21.8 Å². The van der Waals surface area contributed by atoms with Gasteiger partial charge in [0.2, 0.25) is 0 Å². The SMILES string of the molecule is O=C(O)C(F)(F)F.O=c1[nH]c(C2CCN(CCc3c[nH]c4ccc(Cl)cc34)CC2)nc2cc(F)ccc12. The van der Waals surface area contributed by atoms with Crippen LogP contribution in [-0.2, 0) is 11.2 Å². The highest BCUT2D eigenvalue weighted by molar-refractivity contribution is 6.31. The normalized spacial score (nSPS) is 15.1. The number of benzene rings is 2. The molecule has 0 amide bonds.